The van der Waals surface area contributed by atoms with Gasteiger partial charge in [-0.15, -0.1) is 11.3 Å². The fourth-order valence-electron chi connectivity index (χ4n) is 2.72. The number of thiazole rings is 1. The van der Waals surface area contributed by atoms with Crippen molar-refractivity contribution in [1.29, 1.82) is 0 Å². The summed E-state index contributed by atoms with van der Waals surface area (Å²) in [5.74, 6) is -0.329. The van der Waals surface area contributed by atoms with E-state index in [0.717, 1.165) is 16.3 Å². The molecule has 0 radical (unpaired) electrons. The number of rotatable bonds is 5. The van der Waals surface area contributed by atoms with Gasteiger partial charge in [0.2, 0.25) is 0 Å². The van der Waals surface area contributed by atoms with Crippen LogP contribution in [0.4, 0.5) is 0 Å². The van der Waals surface area contributed by atoms with Crippen molar-refractivity contribution in [3.05, 3.63) is 88.5 Å². The van der Waals surface area contributed by atoms with Crippen LogP contribution in [0, 0.1) is 6.92 Å². The minimum atomic E-state index is -0.329. The highest BCUT2D eigenvalue weighted by Gasteiger charge is 2.18. The molecule has 1 N–H and O–H groups in total. The zero-order chi connectivity index (χ0) is 19.3. The number of carbonyl (C=O) groups excluding carboxylic acids is 1. The molecule has 0 aliphatic carbocycles. The Morgan fingerprint density at radius 2 is 1.82 bits per heavy atom. The molecule has 2 heterocycles. The lowest BCUT2D eigenvalue weighted by Gasteiger charge is -2.01. The Kier molecular flexibility index (Phi) is 5.07. The summed E-state index contributed by atoms with van der Waals surface area (Å²) < 4.78 is 1.70. The lowest BCUT2D eigenvalue weighted by atomic mass is 10.1. The Hall–Kier alpha value is -3.58. The first-order chi connectivity index (χ1) is 13.7. The van der Waals surface area contributed by atoms with E-state index in [2.05, 4.69) is 20.6 Å². The molecule has 138 valence electrons. The number of hydrazone groups is 1. The van der Waals surface area contributed by atoms with Gasteiger partial charge >= 0.3 is 0 Å². The number of carbonyl (C=O) groups is 1. The van der Waals surface area contributed by atoms with Gasteiger partial charge in [-0.05, 0) is 19.1 Å². The number of aryl methyl sites for hydroxylation is 1. The van der Waals surface area contributed by atoms with Crippen LogP contribution in [0.2, 0.25) is 0 Å². The Bertz CT molecular complexity index is 1120. The molecule has 0 aliphatic rings. The molecule has 7 heteroatoms. The van der Waals surface area contributed by atoms with E-state index < -0.39 is 0 Å². The Morgan fingerprint density at radius 1 is 1.11 bits per heavy atom. The van der Waals surface area contributed by atoms with Crippen molar-refractivity contribution in [2.24, 2.45) is 5.10 Å². The van der Waals surface area contributed by atoms with Crippen LogP contribution in [0.3, 0.4) is 0 Å². The predicted octanol–water partition coefficient (Wildman–Crippen LogP) is 4.07. The number of para-hydroxylation sites is 1. The summed E-state index contributed by atoms with van der Waals surface area (Å²) in [6.07, 6.45) is 3.25. The van der Waals surface area contributed by atoms with Crippen LogP contribution < -0.4 is 5.43 Å². The third kappa shape index (κ3) is 3.89. The summed E-state index contributed by atoms with van der Waals surface area (Å²) in [6.45, 7) is 1.92. The molecule has 0 unspecified atom stereocenters. The molecule has 28 heavy (non-hydrogen) atoms. The Morgan fingerprint density at radius 3 is 2.50 bits per heavy atom. The van der Waals surface area contributed by atoms with E-state index in [1.165, 1.54) is 17.6 Å². The topological polar surface area (TPSA) is 72.2 Å². The zero-order valence-corrected chi connectivity index (χ0v) is 15.9. The van der Waals surface area contributed by atoms with Gasteiger partial charge in [-0.3, -0.25) is 4.79 Å². The maximum atomic E-state index is 12.8. The van der Waals surface area contributed by atoms with E-state index in [0.29, 0.717) is 17.0 Å². The zero-order valence-electron chi connectivity index (χ0n) is 15.1. The minimum Gasteiger partial charge on any atom is -0.267 e. The molecule has 2 aromatic carbocycles. The fraction of sp³-hybridized carbons (Fsp3) is 0.0476. The van der Waals surface area contributed by atoms with E-state index in [-0.39, 0.29) is 5.91 Å². The molecule has 4 rings (SSSR count). The first kappa shape index (κ1) is 17.8. The van der Waals surface area contributed by atoms with Crippen molar-refractivity contribution in [3.8, 4) is 16.9 Å². The van der Waals surface area contributed by atoms with Crippen LogP contribution in [0.5, 0.6) is 0 Å². The van der Waals surface area contributed by atoms with Gasteiger partial charge in [0.1, 0.15) is 5.69 Å². The van der Waals surface area contributed by atoms with E-state index in [9.17, 15) is 4.79 Å². The van der Waals surface area contributed by atoms with Gasteiger partial charge in [0.25, 0.3) is 5.91 Å². The lowest BCUT2D eigenvalue weighted by Crippen LogP contribution is -2.18. The van der Waals surface area contributed by atoms with Crippen molar-refractivity contribution >= 4 is 23.5 Å². The molecular formula is C21H17N5OS. The number of aromatic nitrogens is 3. The number of nitrogens with one attached hydrogen (secondary N) is 1. The van der Waals surface area contributed by atoms with Crippen LogP contribution in [0.1, 0.15) is 21.1 Å². The monoisotopic (exact) mass is 387 g/mol. The summed E-state index contributed by atoms with van der Waals surface area (Å²) in [6, 6.07) is 19.3. The van der Waals surface area contributed by atoms with Crippen LogP contribution in [-0.4, -0.2) is 26.9 Å². The van der Waals surface area contributed by atoms with Crippen LogP contribution in [0.25, 0.3) is 16.9 Å². The maximum absolute atomic E-state index is 12.8. The number of nitrogens with zero attached hydrogens (tertiary/aromatic N) is 4. The molecule has 0 atom stereocenters. The third-order valence-corrected chi connectivity index (χ3v) is 4.82. The number of hydrogen-bond acceptors (Lipinski definition) is 5. The van der Waals surface area contributed by atoms with Gasteiger partial charge in [0.05, 0.1) is 28.2 Å². The Labute approximate surface area is 166 Å². The normalized spacial score (nSPS) is 11.0. The summed E-state index contributed by atoms with van der Waals surface area (Å²) in [5.41, 5.74) is 6.07. The number of hydrogen-bond donors (Lipinski definition) is 1. The molecule has 0 spiro atoms. The van der Waals surface area contributed by atoms with Crippen LogP contribution in [0.15, 0.2) is 77.3 Å². The molecule has 2 aromatic heterocycles. The van der Waals surface area contributed by atoms with Crippen molar-refractivity contribution in [2.45, 2.75) is 6.92 Å². The number of amides is 1. The van der Waals surface area contributed by atoms with Gasteiger partial charge in [-0.2, -0.15) is 10.2 Å². The second kappa shape index (κ2) is 7.98. The predicted molar refractivity (Wildman–Crippen MR) is 111 cm³/mol. The van der Waals surface area contributed by atoms with Gasteiger partial charge in [-0.25, -0.2) is 15.1 Å². The molecule has 0 aliphatic heterocycles. The van der Waals surface area contributed by atoms with Crippen LogP contribution in [-0.2, 0) is 0 Å². The summed E-state index contributed by atoms with van der Waals surface area (Å²) in [4.78, 5) is 17.1. The van der Waals surface area contributed by atoms with E-state index in [1.807, 2.05) is 73.0 Å². The molecule has 4 aromatic rings. The van der Waals surface area contributed by atoms with E-state index >= 15 is 0 Å². The molecule has 1 amide bonds. The standard InChI is InChI=1S/C21H17N5OS/c1-15-23-17(14-28-15)12-22-24-21(27)19-13-26(18-10-6-3-7-11-18)25-20(19)16-8-4-2-5-9-16/h2-14H,1H3,(H,24,27)/b22-12-. The first-order valence-corrected chi connectivity index (χ1v) is 9.55. The molecule has 0 saturated heterocycles. The van der Waals surface area contributed by atoms with E-state index in [4.69, 9.17) is 0 Å². The summed E-state index contributed by atoms with van der Waals surface area (Å²) in [7, 11) is 0. The largest absolute Gasteiger partial charge is 0.275 e. The van der Waals surface area contributed by atoms with E-state index in [1.54, 1.807) is 10.9 Å². The first-order valence-electron chi connectivity index (χ1n) is 8.67. The van der Waals surface area contributed by atoms with Crippen molar-refractivity contribution in [2.75, 3.05) is 0 Å². The maximum Gasteiger partial charge on any atom is 0.275 e. The highest BCUT2D eigenvalue weighted by atomic mass is 32.1. The molecule has 0 fully saturated rings. The summed E-state index contributed by atoms with van der Waals surface area (Å²) in [5, 5.41) is 11.5. The van der Waals surface area contributed by atoms with Gasteiger partial charge in [0.15, 0.2) is 0 Å². The van der Waals surface area contributed by atoms with Gasteiger partial charge in [0, 0.05) is 17.1 Å². The third-order valence-electron chi connectivity index (χ3n) is 4.03. The highest BCUT2D eigenvalue weighted by molar-refractivity contribution is 7.09. The highest BCUT2D eigenvalue weighted by Crippen LogP contribution is 2.23. The smallest absolute Gasteiger partial charge is 0.267 e. The lowest BCUT2D eigenvalue weighted by molar-refractivity contribution is 0.0956. The SMILES string of the molecule is Cc1nc(/C=N\NC(=O)c2cn(-c3ccccc3)nc2-c2ccccc2)cs1. The van der Waals surface area contributed by atoms with Gasteiger partial charge < -0.3 is 0 Å². The Balaban J connectivity index is 1.65. The van der Waals surface area contributed by atoms with Crippen molar-refractivity contribution in [1.82, 2.24) is 20.2 Å². The average Bonchev–Trinajstić information content (AvgIpc) is 3.36. The molecule has 0 bridgehead atoms. The van der Waals surface area contributed by atoms with Crippen molar-refractivity contribution < 1.29 is 4.79 Å². The second-order valence-corrected chi connectivity index (χ2v) is 7.09. The van der Waals surface area contributed by atoms with Crippen molar-refractivity contribution in [3.63, 3.8) is 0 Å². The summed E-state index contributed by atoms with van der Waals surface area (Å²) >= 11 is 1.53. The quantitative estimate of drug-likeness (QED) is 0.414. The molecule has 0 saturated carbocycles. The average molecular weight is 387 g/mol. The molecular weight excluding hydrogens is 370 g/mol. The second-order valence-electron chi connectivity index (χ2n) is 6.03. The number of benzene rings is 2. The van der Waals surface area contributed by atoms with Gasteiger partial charge in [-0.1, -0.05) is 48.5 Å². The van der Waals surface area contributed by atoms with Crippen LogP contribution >= 0.6 is 11.3 Å². The molecule has 6 nitrogen and oxygen atoms in total. The minimum absolute atomic E-state index is 0.329. The fourth-order valence-corrected chi connectivity index (χ4v) is 3.28.